The maximum absolute atomic E-state index is 13.7. The van der Waals surface area contributed by atoms with Crippen molar-refractivity contribution in [1.82, 2.24) is 15.5 Å². The third kappa shape index (κ3) is 3.39. The van der Waals surface area contributed by atoms with Gasteiger partial charge >= 0.3 is 0 Å². The topological polar surface area (TPSA) is 44.4 Å². The molecule has 2 N–H and O–H groups in total. The zero-order chi connectivity index (χ0) is 19.9. The van der Waals surface area contributed by atoms with Crippen LogP contribution in [-0.2, 0) is 11.3 Å². The summed E-state index contributed by atoms with van der Waals surface area (Å²) in [5, 5.41) is 7.09. The lowest BCUT2D eigenvalue weighted by Gasteiger charge is -2.56. The van der Waals surface area contributed by atoms with Crippen LogP contribution in [0, 0.1) is 29.6 Å². The Morgan fingerprint density at radius 2 is 1.96 bits per heavy atom. The molecule has 4 bridgehead atoms. The summed E-state index contributed by atoms with van der Waals surface area (Å²) < 4.78 is 0. The number of rotatable bonds is 7. The summed E-state index contributed by atoms with van der Waals surface area (Å²) in [5.74, 6) is 3.31. The minimum Gasteiger partial charge on any atom is -0.350 e. The summed E-state index contributed by atoms with van der Waals surface area (Å²) in [6.07, 6.45) is 2.43. The first-order valence-corrected chi connectivity index (χ1v) is 11.2. The van der Waals surface area contributed by atoms with Gasteiger partial charge in [0.05, 0.1) is 0 Å². The molecule has 0 aromatic heterocycles. The Morgan fingerprint density at radius 3 is 2.64 bits per heavy atom. The molecular weight excluding hydrogens is 346 g/mol. The number of carbonyl (C=O) groups is 1. The maximum Gasteiger partial charge on any atom is 0.242 e. The van der Waals surface area contributed by atoms with Gasteiger partial charge in [-0.2, -0.15) is 0 Å². The number of nitrogens with one attached hydrogen (secondary N) is 2. The molecule has 1 amide bonds. The standard InChI is InChI=1S/C24H37N3O/c1-16(2)10-21-19-11-20-15-27(14-17(3)4)22(21)24(20,26-13-19)23(28)25-12-18-8-6-5-7-9-18/h5-9,16-17,19-22,26H,10-15H2,1-4H3,(H,25,28)/t19-,20-,21+,22-,24-/m0/s1. The van der Waals surface area contributed by atoms with Crippen molar-refractivity contribution < 1.29 is 4.79 Å². The largest absolute Gasteiger partial charge is 0.350 e. The van der Waals surface area contributed by atoms with Crippen molar-refractivity contribution in [2.75, 3.05) is 19.6 Å². The third-order valence-electron chi connectivity index (χ3n) is 7.23. The Bertz CT molecular complexity index is 688. The molecule has 3 heterocycles. The summed E-state index contributed by atoms with van der Waals surface area (Å²) in [4.78, 5) is 16.3. The van der Waals surface area contributed by atoms with E-state index in [1.807, 2.05) is 18.2 Å². The fourth-order valence-corrected chi connectivity index (χ4v) is 6.37. The molecule has 1 saturated carbocycles. The number of likely N-dealkylation sites (tertiary alicyclic amines) is 1. The molecule has 5 rings (SSSR count). The summed E-state index contributed by atoms with van der Waals surface area (Å²) in [6.45, 7) is 13.0. The van der Waals surface area contributed by atoms with E-state index in [2.05, 4.69) is 55.4 Å². The highest BCUT2D eigenvalue weighted by atomic mass is 16.2. The number of benzene rings is 1. The minimum atomic E-state index is -0.405. The van der Waals surface area contributed by atoms with E-state index in [0.29, 0.717) is 36.3 Å². The zero-order valence-electron chi connectivity index (χ0n) is 17.9. The van der Waals surface area contributed by atoms with Crippen molar-refractivity contribution in [1.29, 1.82) is 0 Å². The van der Waals surface area contributed by atoms with Gasteiger partial charge in [-0.25, -0.2) is 0 Å². The third-order valence-corrected chi connectivity index (χ3v) is 7.23. The molecule has 28 heavy (non-hydrogen) atoms. The monoisotopic (exact) mass is 383 g/mol. The average molecular weight is 384 g/mol. The molecule has 3 aliphatic heterocycles. The highest BCUT2D eigenvalue weighted by molar-refractivity contribution is 5.89. The van der Waals surface area contributed by atoms with Crippen LogP contribution in [0.3, 0.4) is 0 Å². The van der Waals surface area contributed by atoms with Gasteiger partial charge < -0.3 is 10.6 Å². The predicted octanol–water partition coefficient (Wildman–Crippen LogP) is 3.28. The van der Waals surface area contributed by atoms with Crippen LogP contribution in [0.1, 0.15) is 46.1 Å². The van der Waals surface area contributed by atoms with E-state index in [-0.39, 0.29) is 5.91 Å². The molecule has 0 spiro atoms. The number of fused-ring (bicyclic) bond motifs is 1. The molecule has 3 saturated heterocycles. The number of hydrogen-bond donors (Lipinski definition) is 2. The molecule has 1 aromatic carbocycles. The average Bonchev–Trinajstić information content (AvgIpc) is 2.91. The fraction of sp³-hybridized carbons (Fsp3) is 0.708. The van der Waals surface area contributed by atoms with Crippen LogP contribution < -0.4 is 10.6 Å². The van der Waals surface area contributed by atoms with Crippen LogP contribution in [0.2, 0.25) is 0 Å². The number of amides is 1. The smallest absolute Gasteiger partial charge is 0.242 e. The van der Waals surface area contributed by atoms with E-state index in [4.69, 9.17) is 0 Å². The van der Waals surface area contributed by atoms with E-state index < -0.39 is 5.54 Å². The van der Waals surface area contributed by atoms with Gasteiger partial charge in [0.25, 0.3) is 0 Å². The molecule has 1 aromatic rings. The molecule has 0 unspecified atom stereocenters. The van der Waals surface area contributed by atoms with Gasteiger partial charge in [-0.1, -0.05) is 58.0 Å². The van der Waals surface area contributed by atoms with Crippen molar-refractivity contribution >= 4 is 5.91 Å². The zero-order valence-corrected chi connectivity index (χ0v) is 17.9. The van der Waals surface area contributed by atoms with Gasteiger partial charge in [-0.05, 0) is 48.6 Å². The van der Waals surface area contributed by atoms with Crippen LogP contribution in [-0.4, -0.2) is 42.0 Å². The number of piperidine rings is 2. The van der Waals surface area contributed by atoms with Crippen LogP contribution in [0.4, 0.5) is 0 Å². The Labute approximate surface area is 170 Å². The van der Waals surface area contributed by atoms with E-state index in [9.17, 15) is 4.79 Å². The molecule has 4 fully saturated rings. The van der Waals surface area contributed by atoms with Crippen molar-refractivity contribution in [3.63, 3.8) is 0 Å². The first-order valence-electron chi connectivity index (χ1n) is 11.2. The molecule has 4 aliphatic rings. The molecule has 4 nitrogen and oxygen atoms in total. The van der Waals surface area contributed by atoms with Crippen LogP contribution in [0.5, 0.6) is 0 Å². The first-order chi connectivity index (χ1) is 13.4. The van der Waals surface area contributed by atoms with Gasteiger partial charge in [0, 0.05) is 31.6 Å². The fourth-order valence-electron chi connectivity index (χ4n) is 6.37. The maximum atomic E-state index is 13.7. The molecular formula is C24H37N3O. The molecule has 154 valence electrons. The summed E-state index contributed by atoms with van der Waals surface area (Å²) in [6, 6.07) is 10.6. The van der Waals surface area contributed by atoms with Crippen molar-refractivity contribution in [3.05, 3.63) is 35.9 Å². The second-order valence-electron chi connectivity index (χ2n) is 10.2. The summed E-state index contributed by atoms with van der Waals surface area (Å²) >= 11 is 0. The highest BCUT2D eigenvalue weighted by Crippen LogP contribution is 2.54. The van der Waals surface area contributed by atoms with E-state index >= 15 is 0 Å². The summed E-state index contributed by atoms with van der Waals surface area (Å²) in [5.41, 5.74) is 0.764. The highest BCUT2D eigenvalue weighted by Gasteiger charge is 2.67. The van der Waals surface area contributed by atoms with Crippen molar-refractivity contribution in [3.8, 4) is 0 Å². The second kappa shape index (κ2) is 7.79. The lowest BCUT2D eigenvalue weighted by atomic mass is 9.58. The normalized spacial score (nSPS) is 34.4. The van der Waals surface area contributed by atoms with E-state index in [0.717, 1.165) is 25.6 Å². The SMILES string of the molecule is CC(C)C[C@@H]1[C@@H]2CN[C@@]3(C(=O)NCc4ccccc4)[C@@H](C2)CN(CC(C)C)[C@@H]13. The number of nitrogens with zero attached hydrogens (tertiary/aromatic N) is 1. The van der Waals surface area contributed by atoms with Gasteiger partial charge in [0.1, 0.15) is 5.54 Å². The Hall–Kier alpha value is -1.39. The molecule has 0 radical (unpaired) electrons. The van der Waals surface area contributed by atoms with Crippen molar-refractivity contribution in [2.45, 2.75) is 58.7 Å². The minimum absolute atomic E-state index is 0.226. The van der Waals surface area contributed by atoms with Crippen LogP contribution >= 0.6 is 0 Å². The van der Waals surface area contributed by atoms with Gasteiger partial charge in [0.15, 0.2) is 0 Å². The lowest BCUT2D eigenvalue weighted by molar-refractivity contribution is -0.139. The van der Waals surface area contributed by atoms with Gasteiger partial charge in [-0.3, -0.25) is 9.69 Å². The lowest BCUT2D eigenvalue weighted by Crippen LogP contribution is -2.76. The predicted molar refractivity (Wildman–Crippen MR) is 114 cm³/mol. The molecule has 4 heteroatoms. The van der Waals surface area contributed by atoms with Crippen molar-refractivity contribution in [2.24, 2.45) is 29.6 Å². The quantitative estimate of drug-likeness (QED) is 0.759. The second-order valence-corrected chi connectivity index (χ2v) is 10.2. The Morgan fingerprint density at radius 1 is 1.21 bits per heavy atom. The summed E-state index contributed by atoms with van der Waals surface area (Å²) in [7, 11) is 0. The van der Waals surface area contributed by atoms with Gasteiger partial charge in [-0.15, -0.1) is 0 Å². The molecule has 1 aliphatic carbocycles. The number of carbonyl (C=O) groups excluding carboxylic acids is 1. The Balaban J connectivity index is 1.60. The van der Waals surface area contributed by atoms with Gasteiger partial charge in [0.2, 0.25) is 5.91 Å². The van der Waals surface area contributed by atoms with E-state index in [1.165, 1.54) is 18.4 Å². The van der Waals surface area contributed by atoms with Crippen LogP contribution in [0.15, 0.2) is 30.3 Å². The van der Waals surface area contributed by atoms with E-state index in [1.54, 1.807) is 0 Å². The number of hydrogen-bond acceptors (Lipinski definition) is 3. The first kappa shape index (κ1) is 19.9. The van der Waals surface area contributed by atoms with Crippen LogP contribution in [0.25, 0.3) is 0 Å². The Kier molecular flexibility index (Phi) is 5.54. The molecule has 5 atom stereocenters.